The molecule has 1 fully saturated rings. The van der Waals surface area contributed by atoms with Gasteiger partial charge in [-0.3, -0.25) is 4.79 Å². The quantitative estimate of drug-likeness (QED) is 0.724. The molecule has 1 aliphatic heterocycles. The number of nitrogens with one attached hydrogen (secondary N) is 1. The summed E-state index contributed by atoms with van der Waals surface area (Å²) in [5, 5.41) is 3.07. The maximum absolute atomic E-state index is 13.0. The molecular weight excluding hydrogens is 408 g/mol. The minimum absolute atomic E-state index is 0.00586. The van der Waals surface area contributed by atoms with E-state index in [1.807, 2.05) is 31.2 Å². The summed E-state index contributed by atoms with van der Waals surface area (Å²) in [6, 6.07) is 12.3. The molecule has 156 valence electrons. The Morgan fingerprint density at radius 3 is 2.38 bits per heavy atom. The number of sulfonamides is 1. The molecule has 29 heavy (non-hydrogen) atoms. The maximum Gasteiger partial charge on any atom is 0.251 e. The van der Waals surface area contributed by atoms with Gasteiger partial charge in [-0.15, -0.1) is 0 Å². The van der Waals surface area contributed by atoms with Crippen LogP contribution in [0.1, 0.15) is 60.6 Å². The fourth-order valence-corrected chi connectivity index (χ4v) is 5.51. The first-order valence-electron chi connectivity index (χ1n) is 10.0. The summed E-state index contributed by atoms with van der Waals surface area (Å²) in [6.45, 7) is 4.97. The highest BCUT2D eigenvalue weighted by atomic mass is 35.5. The van der Waals surface area contributed by atoms with Crippen molar-refractivity contribution in [3.63, 3.8) is 0 Å². The third kappa shape index (κ3) is 5.00. The van der Waals surface area contributed by atoms with Crippen molar-refractivity contribution in [1.82, 2.24) is 9.62 Å². The fourth-order valence-electron chi connectivity index (χ4n) is 3.49. The Labute approximate surface area is 178 Å². The zero-order valence-corrected chi connectivity index (χ0v) is 18.4. The van der Waals surface area contributed by atoms with Crippen LogP contribution in [0.4, 0.5) is 0 Å². The Kier molecular flexibility index (Phi) is 6.98. The van der Waals surface area contributed by atoms with Crippen LogP contribution in [0, 0.1) is 0 Å². The number of rotatable bonds is 6. The van der Waals surface area contributed by atoms with Crippen molar-refractivity contribution in [1.29, 1.82) is 0 Å². The third-order valence-electron chi connectivity index (χ3n) is 5.36. The lowest BCUT2D eigenvalue weighted by Crippen LogP contribution is -2.36. The van der Waals surface area contributed by atoms with Crippen LogP contribution < -0.4 is 5.32 Å². The normalized spacial score (nSPS) is 16.4. The van der Waals surface area contributed by atoms with E-state index in [-0.39, 0.29) is 27.4 Å². The lowest BCUT2D eigenvalue weighted by atomic mass is 10.0. The van der Waals surface area contributed by atoms with Gasteiger partial charge in [0.05, 0.1) is 11.1 Å². The monoisotopic (exact) mass is 434 g/mol. The van der Waals surface area contributed by atoms with E-state index >= 15 is 0 Å². The Hall–Kier alpha value is -1.89. The molecule has 0 unspecified atom stereocenters. The Morgan fingerprint density at radius 1 is 1.10 bits per heavy atom. The molecule has 2 aromatic rings. The fraction of sp³-hybridized carbons (Fsp3) is 0.409. The van der Waals surface area contributed by atoms with E-state index in [2.05, 4.69) is 12.2 Å². The van der Waals surface area contributed by atoms with E-state index in [0.717, 1.165) is 31.2 Å². The first kappa shape index (κ1) is 21.8. The van der Waals surface area contributed by atoms with Gasteiger partial charge in [-0.1, -0.05) is 49.2 Å². The molecule has 5 nitrogen and oxygen atoms in total. The minimum Gasteiger partial charge on any atom is -0.346 e. The summed E-state index contributed by atoms with van der Waals surface area (Å²) in [5.41, 5.74) is 2.50. The van der Waals surface area contributed by atoms with Crippen LogP contribution >= 0.6 is 11.6 Å². The number of carbonyl (C=O) groups is 1. The molecule has 1 saturated heterocycles. The van der Waals surface area contributed by atoms with Gasteiger partial charge >= 0.3 is 0 Å². The highest BCUT2D eigenvalue weighted by molar-refractivity contribution is 7.89. The first-order valence-corrected chi connectivity index (χ1v) is 11.8. The Balaban J connectivity index is 1.79. The molecule has 7 heteroatoms. The molecule has 0 radical (unpaired) electrons. The number of carbonyl (C=O) groups excluding carboxylic acids is 1. The Morgan fingerprint density at radius 2 is 1.76 bits per heavy atom. The molecular formula is C22H27ClN2O3S. The number of piperidine rings is 1. The van der Waals surface area contributed by atoms with E-state index in [1.165, 1.54) is 22.0 Å². The van der Waals surface area contributed by atoms with Gasteiger partial charge in [0.2, 0.25) is 10.0 Å². The van der Waals surface area contributed by atoms with Gasteiger partial charge in [-0.2, -0.15) is 4.31 Å². The summed E-state index contributed by atoms with van der Waals surface area (Å²) >= 11 is 6.20. The zero-order valence-electron chi connectivity index (χ0n) is 16.8. The second kappa shape index (κ2) is 9.28. The number of hydrogen-bond donors (Lipinski definition) is 1. The lowest BCUT2D eigenvalue weighted by Gasteiger charge is -2.26. The van der Waals surface area contributed by atoms with Gasteiger partial charge in [0, 0.05) is 18.7 Å². The number of benzene rings is 2. The molecule has 0 aromatic heterocycles. The number of hydrogen-bond acceptors (Lipinski definition) is 3. The van der Waals surface area contributed by atoms with Crippen molar-refractivity contribution in [2.24, 2.45) is 0 Å². The predicted octanol–water partition coefficient (Wildman–Crippen LogP) is 4.57. The van der Waals surface area contributed by atoms with Crippen molar-refractivity contribution < 1.29 is 13.2 Å². The highest BCUT2D eigenvalue weighted by Gasteiger charge is 2.29. The number of nitrogens with zero attached hydrogens (tertiary/aromatic N) is 1. The SMILES string of the molecule is CCc1ccc([C@H](C)NC(=O)c2ccc(Cl)c(S(=O)(=O)N3CCCCC3)c2)cc1. The summed E-state index contributed by atoms with van der Waals surface area (Å²) < 4.78 is 27.4. The van der Waals surface area contributed by atoms with Gasteiger partial charge in [-0.25, -0.2) is 8.42 Å². The topological polar surface area (TPSA) is 66.5 Å². The maximum atomic E-state index is 13.0. The molecule has 0 bridgehead atoms. The average Bonchev–Trinajstić information content (AvgIpc) is 2.74. The molecule has 1 N–H and O–H groups in total. The van der Waals surface area contributed by atoms with E-state index in [1.54, 1.807) is 6.07 Å². The van der Waals surface area contributed by atoms with Crippen LogP contribution in [0.5, 0.6) is 0 Å². The van der Waals surface area contributed by atoms with E-state index in [0.29, 0.717) is 13.1 Å². The largest absolute Gasteiger partial charge is 0.346 e. The Bertz CT molecular complexity index is 968. The van der Waals surface area contributed by atoms with Crippen molar-refractivity contribution in [3.8, 4) is 0 Å². The molecule has 0 aliphatic carbocycles. The number of aryl methyl sites for hydroxylation is 1. The van der Waals surface area contributed by atoms with Gasteiger partial charge in [0.25, 0.3) is 5.91 Å². The van der Waals surface area contributed by atoms with E-state index in [9.17, 15) is 13.2 Å². The second-order valence-electron chi connectivity index (χ2n) is 7.40. The second-order valence-corrected chi connectivity index (χ2v) is 9.71. The van der Waals surface area contributed by atoms with Crippen LogP contribution in [0.3, 0.4) is 0 Å². The number of halogens is 1. The van der Waals surface area contributed by atoms with Gasteiger partial charge < -0.3 is 5.32 Å². The predicted molar refractivity (Wildman–Crippen MR) is 116 cm³/mol. The van der Waals surface area contributed by atoms with Crippen LogP contribution in [-0.4, -0.2) is 31.7 Å². The average molecular weight is 435 g/mol. The molecule has 3 rings (SSSR count). The van der Waals surface area contributed by atoms with Crippen LogP contribution in [0.25, 0.3) is 0 Å². The smallest absolute Gasteiger partial charge is 0.251 e. The van der Waals surface area contributed by atoms with Crippen molar-refractivity contribution in [2.45, 2.75) is 50.5 Å². The van der Waals surface area contributed by atoms with E-state index in [4.69, 9.17) is 11.6 Å². The summed E-state index contributed by atoms with van der Waals surface area (Å²) in [6.07, 6.45) is 3.66. The molecule has 2 aromatic carbocycles. The molecule has 1 amide bonds. The summed E-state index contributed by atoms with van der Waals surface area (Å²) in [5.74, 6) is -0.330. The van der Waals surface area contributed by atoms with Crippen LogP contribution in [-0.2, 0) is 16.4 Å². The van der Waals surface area contributed by atoms with Crippen LogP contribution in [0.2, 0.25) is 5.02 Å². The number of amides is 1. The van der Waals surface area contributed by atoms with E-state index < -0.39 is 10.0 Å². The van der Waals surface area contributed by atoms with Crippen molar-refractivity contribution >= 4 is 27.5 Å². The van der Waals surface area contributed by atoms with Gasteiger partial charge in [-0.05, 0) is 55.5 Å². The zero-order chi connectivity index (χ0) is 21.0. The first-order chi connectivity index (χ1) is 13.8. The lowest BCUT2D eigenvalue weighted by molar-refractivity contribution is 0.0939. The van der Waals surface area contributed by atoms with Crippen molar-refractivity contribution in [3.05, 3.63) is 64.2 Å². The summed E-state index contributed by atoms with van der Waals surface area (Å²) in [4.78, 5) is 12.7. The third-order valence-corrected chi connectivity index (χ3v) is 7.74. The minimum atomic E-state index is -3.72. The van der Waals surface area contributed by atoms with Crippen LogP contribution in [0.15, 0.2) is 47.4 Å². The standard InChI is InChI=1S/C22H27ClN2O3S/c1-3-17-7-9-18(10-8-17)16(2)24-22(26)19-11-12-20(23)21(15-19)29(27,28)25-13-5-4-6-14-25/h7-12,15-16H,3-6,13-14H2,1-2H3,(H,24,26)/t16-/m0/s1. The molecule has 0 spiro atoms. The molecule has 1 heterocycles. The van der Waals surface area contributed by atoms with Gasteiger partial charge in [0.15, 0.2) is 0 Å². The van der Waals surface area contributed by atoms with Gasteiger partial charge in [0.1, 0.15) is 4.90 Å². The summed E-state index contributed by atoms with van der Waals surface area (Å²) in [7, 11) is -3.72. The molecule has 1 aliphatic rings. The molecule has 0 saturated carbocycles. The highest BCUT2D eigenvalue weighted by Crippen LogP contribution is 2.28. The molecule has 1 atom stereocenters. The van der Waals surface area contributed by atoms with Crippen molar-refractivity contribution in [2.75, 3.05) is 13.1 Å².